The van der Waals surface area contributed by atoms with Crippen molar-refractivity contribution in [1.82, 2.24) is 14.9 Å². The van der Waals surface area contributed by atoms with Gasteiger partial charge in [0.15, 0.2) is 0 Å². The molecule has 0 aliphatic rings. The minimum atomic E-state index is 0.859. The van der Waals surface area contributed by atoms with E-state index in [4.69, 9.17) is 0 Å². The zero-order valence-corrected chi connectivity index (χ0v) is 11.0. The number of aromatic nitrogens is 2. The van der Waals surface area contributed by atoms with Crippen LogP contribution in [0.3, 0.4) is 0 Å². The first-order chi connectivity index (χ1) is 8.40. The molecule has 0 aromatic carbocycles. The van der Waals surface area contributed by atoms with Crippen molar-refractivity contribution < 1.29 is 0 Å². The van der Waals surface area contributed by atoms with Crippen LogP contribution in [0.2, 0.25) is 0 Å². The van der Waals surface area contributed by atoms with Gasteiger partial charge >= 0.3 is 0 Å². The van der Waals surface area contributed by atoms with Gasteiger partial charge in [-0.3, -0.25) is 0 Å². The fourth-order valence-electron chi connectivity index (χ4n) is 1.82. The Morgan fingerprint density at radius 2 is 2.41 bits per heavy atom. The number of hydrogen-bond acceptors (Lipinski definition) is 3. The van der Waals surface area contributed by atoms with Crippen molar-refractivity contribution in [2.24, 2.45) is 0 Å². The van der Waals surface area contributed by atoms with Crippen molar-refractivity contribution in [2.75, 3.05) is 6.54 Å². The van der Waals surface area contributed by atoms with Crippen molar-refractivity contribution >= 4 is 11.3 Å². The van der Waals surface area contributed by atoms with Crippen LogP contribution in [0.4, 0.5) is 0 Å². The molecule has 2 aromatic heterocycles. The second kappa shape index (κ2) is 6.57. The van der Waals surface area contributed by atoms with E-state index in [1.807, 2.05) is 17.5 Å². The molecule has 0 fully saturated rings. The average molecular weight is 249 g/mol. The Bertz CT molecular complexity index is 420. The largest absolute Gasteiger partial charge is 0.334 e. The van der Waals surface area contributed by atoms with Crippen molar-refractivity contribution in [2.45, 2.75) is 32.9 Å². The Labute approximate surface area is 107 Å². The summed E-state index contributed by atoms with van der Waals surface area (Å²) < 4.78 is 2.22. The first-order valence-corrected chi connectivity index (χ1v) is 7.01. The number of rotatable bonds is 7. The van der Waals surface area contributed by atoms with Crippen LogP contribution in [-0.4, -0.2) is 16.1 Å². The molecule has 0 saturated heterocycles. The quantitative estimate of drug-likeness (QED) is 0.765. The van der Waals surface area contributed by atoms with E-state index >= 15 is 0 Å². The molecule has 0 saturated carbocycles. The van der Waals surface area contributed by atoms with E-state index in [9.17, 15) is 0 Å². The summed E-state index contributed by atoms with van der Waals surface area (Å²) in [5.41, 5.74) is 0. The van der Waals surface area contributed by atoms with Gasteiger partial charge in [0, 0.05) is 30.4 Å². The smallest absolute Gasteiger partial charge is 0.122 e. The first-order valence-electron chi connectivity index (χ1n) is 6.13. The Kier molecular flexibility index (Phi) is 4.76. The molecule has 0 unspecified atom stereocenters. The van der Waals surface area contributed by atoms with Crippen LogP contribution in [0.25, 0.3) is 0 Å². The summed E-state index contributed by atoms with van der Waals surface area (Å²) in [6.07, 6.45) is 6.19. The van der Waals surface area contributed by atoms with Gasteiger partial charge < -0.3 is 9.88 Å². The van der Waals surface area contributed by atoms with Gasteiger partial charge in [-0.1, -0.05) is 13.0 Å². The third-order valence-corrected chi connectivity index (χ3v) is 3.61. The third kappa shape index (κ3) is 3.68. The van der Waals surface area contributed by atoms with Crippen LogP contribution in [0, 0.1) is 0 Å². The van der Waals surface area contributed by atoms with Crippen LogP contribution in [0.15, 0.2) is 29.9 Å². The predicted molar refractivity (Wildman–Crippen MR) is 72.2 cm³/mol. The Hall–Kier alpha value is -1.13. The zero-order chi connectivity index (χ0) is 11.9. The molecule has 2 heterocycles. The predicted octanol–water partition coefficient (Wildman–Crippen LogP) is 2.69. The number of thiophene rings is 1. The van der Waals surface area contributed by atoms with E-state index in [-0.39, 0.29) is 0 Å². The van der Waals surface area contributed by atoms with E-state index in [0.29, 0.717) is 0 Å². The minimum absolute atomic E-state index is 0.859. The minimum Gasteiger partial charge on any atom is -0.334 e. The SMILES string of the molecule is CCCn1ccnc1CNCCc1cccs1. The monoisotopic (exact) mass is 249 g/mol. The zero-order valence-electron chi connectivity index (χ0n) is 10.2. The lowest BCUT2D eigenvalue weighted by Gasteiger charge is -2.07. The summed E-state index contributed by atoms with van der Waals surface area (Å²) in [5.74, 6) is 1.14. The van der Waals surface area contributed by atoms with Gasteiger partial charge in [0.2, 0.25) is 0 Å². The molecule has 0 aliphatic carbocycles. The Morgan fingerprint density at radius 3 is 3.18 bits per heavy atom. The maximum atomic E-state index is 4.37. The highest BCUT2D eigenvalue weighted by atomic mass is 32.1. The van der Waals surface area contributed by atoms with E-state index in [1.165, 1.54) is 4.88 Å². The van der Waals surface area contributed by atoms with Gasteiger partial charge in [-0.05, 0) is 24.3 Å². The van der Waals surface area contributed by atoms with Gasteiger partial charge in [-0.15, -0.1) is 11.3 Å². The molecule has 3 nitrogen and oxygen atoms in total. The van der Waals surface area contributed by atoms with E-state index in [2.05, 4.69) is 45.5 Å². The highest BCUT2D eigenvalue weighted by Crippen LogP contribution is 2.08. The standard InChI is InChI=1S/C13H19N3S/c1-2-8-16-9-7-15-13(16)11-14-6-5-12-4-3-10-17-12/h3-4,7,9-10,14H,2,5-6,8,11H2,1H3. The molecule has 0 atom stereocenters. The molecule has 17 heavy (non-hydrogen) atoms. The number of nitrogens with zero attached hydrogens (tertiary/aromatic N) is 2. The first kappa shape index (κ1) is 12.3. The second-order valence-corrected chi connectivity index (χ2v) is 5.08. The number of aryl methyl sites for hydroxylation is 1. The summed E-state index contributed by atoms with van der Waals surface area (Å²) in [7, 11) is 0. The Morgan fingerprint density at radius 1 is 1.47 bits per heavy atom. The summed E-state index contributed by atoms with van der Waals surface area (Å²) in [6.45, 7) is 5.12. The molecule has 92 valence electrons. The number of nitrogens with one attached hydrogen (secondary N) is 1. The van der Waals surface area contributed by atoms with Crippen LogP contribution < -0.4 is 5.32 Å². The van der Waals surface area contributed by atoms with Crippen LogP contribution >= 0.6 is 11.3 Å². The second-order valence-electron chi connectivity index (χ2n) is 4.04. The molecule has 2 aromatic rings. The molecule has 0 radical (unpaired) electrons. The van der Waals surface area contributed by atoms with Crippen LogP contribution in [0.1, 0.15) is 24.0 Å². The van der Waals surface area contributed by atoms with E-state index in [1.54, 1.807) is 0 Å². The molecule has 2 rings (SSSR count). The summed E-state index contributed by atoms with van der Waals surface area (Å²) >= 11 is 1.82. The maximum absolute atomic E-state index is 4.37. The van der Waals surface area contributed by atoms with Crippen molar-refractivity contribution in [3.05, 3.63) is 40.6 Å². The number of imidazole rings is 1. The molecule has 0 bridgehead atoms. The highest BCUT2D eigenvalue weighted by molar-refractivity contribution is 7.09. The van der Waals surface area contributed by atoms with Gasteiger partial charge in [-0.2, -0.15) is 0 Å². The molecule has 0 aliphatic heterocycles. The van der Waals surface area contributed by atoms with Gasteiger partial charge in [0.25, 0.3) is 0 Å². The molecule has 4 heteroatoms. The fourth-order valence-corrected chi connectivity index (χ4v) is 2.53. The average Bonchev–Trinajstić information content (AvgIpc) is 2.96. The Balaban J connectivity index is 1.72. The van der Waals surface area contributed by atoms with E-state index in [0.717, 1.165) is 38.3 Å². The van der Waals surface area contributed by atoms with Gasteiger partial charge in [0.1, 0.15) is 5.82 Å². The molecule has 0 amide bonds. The lowest BCUT2D eigenvalue weighted by atomic mass is 10.3. The lowest BCUT2D eigenvalue weighted by Crippen LogP contribution is -2.19. The maximum Gasteiger partial charge on any atom is 0.122 e. The van der Waals surface area contributed by atoms with Gasteiger partial charge in [0.05, 0.1) is 6.54 Å². The summed E-state index contributed by atoms with van der Waals surface area (Å²) in [6, 6.07) is 4.29. The fraction of sp³-hybridized carbons (Fsp3) is 0.462. The van der Waals surface area contributed by atoms with Crippen molar-refractivity contribution in [1.29, 1.82) is 0 Å². The molecular weight excluding hydrogens is 230 g/mol. The van der Waals surface area contributed by atoms with Crippen LogP contribution in [0.5, 0.6) is 0 Å². The van der Waals surface area contributed by atoms with E-state index < -0.39 is 0 Å². The van der Waals surface area contributed by atoms with Crippen molar-refractivity contribution in [3.63, 3.8) is 0 Å². The third-order valence-electron chi connectivity index (χ3n) is 2.68. The lowest BCUT2D eigenvalue weighted by molar-refractivity contribution is 0.590. The molecular formula is C13H19N3S. The van der Waals surface area contributed by atoms with Gasteiger partial charge in [-0.25, -0.2) is 4.98 Å². The van der Waals surface area contributed by atoms with Crippen LogP contribution in [-0.2, 0) is 19.5 Å². The molecule has 1 N–H and O–H groups in total. The number of hydrogen-bond donors (Lipinski definition) is 1. The summed E-state index contributed by atoms with van der Waals surface area (Å²) in [5, 5.41) is 5.58. The van der Waals surface area contributed by atoms with Crippen molar-refractivity contribution in [3.8, 4) is 0 Å². The normalized spacial score (nSPS) is 10.9. The highest BCUT2D eigenvalue weighted by Gasteiger charge is 2.01. The topological polar surface area (TPSA) is 29.9 Å². The summed E-state index contributed by atoms with van der Waals surface area (Å²) in [4.78, 5) is 5.81. The molecule has 0 spiro atoms.